The van der Waals surface area contributed by atoms with Crippen molar-refractivity contribution in [2.75, 3.05) is 11.9 Å². The van der Waals surface area contributed by atoms with Crippen LogP contribution in [0.25, 0.3) is 0 Å². The number of hydrogen-bond donors (Lipinski definition) is 2. The van der Waals surface area contributed by atoms with Gasteiger partial charge in [-0.25, -0.2) is 9.78 Å². The van der Waals surface area contributed by atoms with Crippen molar-refractivity contribution in [3.05, 3.63) is 35.0 Å². The maximum absolute atomic E-state index is 10.9. The fraction of sp³-hybridized carbons (Fsp3) is 0.273. The van der Waals surface area contributed by atoms with Gasteiger partial charge in [0.2, 0.25) is 0 Å². The highest BCUT2D eigenvalue weighted by molar-refractivity contribution is 6.29. The number of carboxylic acid groups (broad SMARTS) is 1. The second-order valence-electron chi connectivity index (χ2n) is 3.90. The Kier molecular flexibility index (Phi) is 3.96. The smallest absolute Gasteiger partial charge is 0.335 e. The summed E-state index contributed by atoms with van der Waals surface area (Å²) >= 11 is 5.76. The lowest BCUT2D eigenvalue weighted by atomic mass is 10.2. The van der Waals surface area contributed by atoms with Crippen molar-refractivity contribution in [3.63, 3.8) is 0 Å². The van der Waals surface area contributed by atoms with Crippen LogP contribution in [0.5, 0.6) is 0 Å². The van der Waals surface area contributed by atoms with Gasteiger partial charge in [0.05, 0.1) is 5.56 Å². The largest absolute Gasteiger partial charge is 0.478 e. The zero-order valence-electron chi connectivity index (χ0n) is 10.2. The van der Waals surface area contributed by atoms with Crippen molar-refractivity contribution < 1.29 is 9.90 Å². The first kappa shape index (κ1) is 13.3. The molecule has 0 aliphatic heterocycles. The predicted octanol–water partition coefficient (Wildman–Crippen LogP) is 1.22. The van der Waals surface area contributed by atoms with Gasteiger partial charge >= 0.3 is 5.97 Å². The first-order valence-corrected chi connectivity index (χ1v) is 5.91. The van der Waals surface area contributed by atoms with Crippen LogP contribution in [0, 0.1) is 0 Å². The Morgan fingerprint density at radius 1 is 1.53 bits per heavy atom. The number of nitrogens with one attached hydrogen (secondary N) is 1. The molecule has 0 unspecified atom stereocenters. The highest BCUT2D eigenvalue weighted by Gasteiger charge is 2.07. The molecule has 0 aliphatic carbocycles. The Hall–Kier alpha value is -2.15. The maximum Gasteiger partial charge on any atom is 0.335 e. The predicted molar refractivity (Wildman–Crippen MR) is 69.4 cm³/mol. The van der Waals surface area contributed by atoms with Crippen LogP contribution in [0.1, 0.15) is 16.2 Å². The van der Waals surface area contributed by atoms with E-state index in [1.165, 1.54) is 12.1 Å². The van der Waals surface area contributed by atoms with Gasteiger partial charge in [0.25, 0.3) is 0 Å². The van der Waals surface area contributed by atoms with Gasteiger partial charge in [-0.05, 0) is 12.1 Å². The third-order valence-electron chi connectivity index (χ3n) is 2.50. The van der Waals surface area contributed by atoms with Crippen molar-refractivity contribution in [3.8, 4) is 0 Å². The average molecular weight is 282 g/mol. The summed E-state index contributed by atoms with van der Waals surface area (Å²) in [5.74, 6) is 0.209. The summed E-state index contributed by atoms with van der Waals surface area (Å²) in [6.45, 7) is 0.554. The quantitative estimate of drug-likeness (QED) is 0.801. The van der Waals surface area contributed by atoms with E-state index in [2.05, 4.69) is 20.5 Å². The van der Waals surface area contributed by atoms with Gasteiger partial charge in [-0.15, -0.1) is 10.2 Å². The minimum Gasteiger partial charge on any atom is -0.478 e. The van der Waals surface area contributed by atoms with Crippen LogP contribution in [0.15, 0.2) is 18.5 Å². The van der Waals surface area contributed by atoms with Crippen molar-refractivity contribution in [2.24, 2.45) is 7.05 Å². The summed E-state index contributed by atoms with van der Waals surface area (Å²) in [4.78, 5) is 14.9. The normalized spacial score (nSPS) is 10.4. The van der Waals surface area contributed by atoms with Crippen molar-refractivity contribution >= 4 is 23.4 Å². The molecule has 0 amide bonds. The molecule has 0 aromatic carbocycles. The van der Waals surface area contributed by atoms with Crippen LogP contribution >= 0.6 is 11.6 Å². The number of aromatic nitrogens is 4. The van der Waals surface area contributed by atoms with E-state index in [4.69, 9.17) is 16.7 Å². The lowest BCUT2D eigenvalue weighted by molar-refractivity contribution is 0.0697. The van der Waals surface area contributed by atoms with Crippen LogP contribution < -0.4 is 5.32 Å². The second kappa shape index (κ2) is 5.66. The minimum atomic E-state index is -1.04. The molecule has 0 spiro atoms. The number of aromatic carboxylic acids is 1. The van der Waals surface area contributed by atoms with Gasteiger partial charge < -0.3 is 15.0 Å². The summed E-state index contributed by atoms with van der Waals surface area (Å²) in [5, 5.41) is 19.8. The van der Waals surface area contributed by atoms with E-state index in [1.54, 1.807) is 6.33 Å². The average Bonchev–Trinajstić information content (AvgIpc) is 2.74. The van der Waals surface area contributed by atoms with Gasteiger partial charge in [0, 0.05) is 20.0 Å². The van der Waals surface area contributed by atoms with E-state index in [-0.39, 0.29) is 10.7 Å². The third kappa shape index (κ3) is 3.41. The SMILES string of the molecule is Cn1cnnc1CCNc1cc(C(=O)O)cc(Cl)n1. The molecule has 0 atom stereocenters. The van der Waals surface area contributed by atoms with E-state index >= 15 is 0 Å². The Morgan fingerprint density at radius 2 is 2.32 bits per heavy atom. The summed E-state index contributed by atoms with van der Waals surface area (Å²) < 4.78 is 1.82. The fourth-order valence-electron chi connectivity index (χ4n) is 1.55. The molecule has 2 aromatic rings. The van der Waals surface area contributed by atoms with Crippen LogP contribution in [-0.4, -0.2) is 37.4 Å². The standard InChI is InChI=1S/C11H12ClN5O2/c1-17-6-14-16-10(17)2-3-13-9-5-7(11(18)19)4-8(12)15-9/h4-6H,2-3H2,1H3,(H,13,15)(H,18,19). The van der Waals surface area contributed by atoms with E-state index in [0.29, 0.717) is 18.8 Å². The van der Waals surface area contributed by atoms with E-state index in [0.717, 1.165) is 5.82 Å². The molecule has 0 radical (unpaired) electrons. The number of rotatable bonds is 5. The van der Waals surface area contributed by atoms with Gasteiger partial charge in [-0.3, -0.25) is 0 Å². The molecule has 0 bridgehead atoms. The first-order valence-electron chi connectivity index (χ1n) is 5.54. The number of hydrogen-bond acceptors (Lipinski definition) is 5. The molecular formula is C11H12ClN5O2. The van der Waals surface area contributed by atoms with Crippen molar-refractivity contribution in [1.29, 1.82) is 0 Å². The number of carboxylic acids is 1. The van der Waals surface area contributed by atoms with Gasteiger partial charge in [-0.1, -0.05) is 11.6 Å². The van der Waals surface area contributed by atoms with E-state index in [1.807, 2.05) is 11.6 Å². The molecule has 0 aliphatic rings. The Balaban J connectivity index is 2.00. The molecule has 2 aromatic heterocycles. The Morgan fingerprint density at radius 3 is 2.95 bits per heavy atom. The number of aryl methyl sites for hydroxylation is 1. The first-order chi connectivity index (χ1) is 9.06. The van der Waals surface area contributed by atoms with E-state index in [9.17, 15) is 4.79 Å². The molecule has 2 rings (SSSR count). The third-order valence-corrected chi connectivity index (χ3v) is 2.69. The number of anilines is 1. The lowest BCUT2D eigenvalue weighted by Gasteiger charge is -2.06. The second-order valence-corrected chi connectivity index (χ2v) is 4.29. The van der Waals surface area contributed by atoms with Gasteiger partial charge in [-0.2, -0.15) is 0 Å². The Labute approximate surface area is 114 Å². The summed E-state index contributed by atoms with van der Waals surface area (Å²) in [5.41, 5.74) is 0.0983. The molecule has 0 saturated heterocycles. The molecule has 19 heavy (non-hydrogen) atoms. The van der Waals surface area contributed by atoms with Crippen molar-refractivity contribution in [1.82, 2.24) is 19.7 Å². The highest BCUT2D eigenvalue weighted by Crippen LogP contribution is 2.14. The van der Waals surface area contributed by atoms with Crippen LogP contribution in [-0.2, 0) is 13.5 Å². The molecule has 2 heterocycles. The van der Waals surface area contributed by atoms with Gasteiger partial charge in [0.15, 0.2) is 0 Å². The zero-order valence-corrected chi connectivity index (χ0v) is 10.9. The molecule has 0 saturated carbocycles. The van der Waals surface area contributed by atoms with E-state index < -0.39 is 5.97 Å². The number of nitrogens with zero attached hydrogens (tertiary/aromatic N) is 4. The fourth-order valence-corrected chi connectivity index (χ4v) is 1.76. The Bertz CT molecular complexity index is 599. The maximum atomic E-state index is 10.9. The monoisotopic (exact) mass is 281 g/mol. The van der Waals surface area contributed by atoms with Crippen molar-refractivity contribution in [2.45, 2.75) is 6.42 Å². The number of carbonyl (C=O) groups is 1. The lowest BCUT2D eigenvalue weighted by Crippen LogP contribution is -2.10. The molecule has 2 N–H and O–H groups in total. The summed E-state index contributed by atoms with van der Waals surface area (Å²) in [6, 6.07) is 2.74. The summed E-state index contributed by atoms with van der Waals surface area (Å²) in [6.07, 6.45) is 2.27. The van der Waals surface area contributed by atoms with Crippen LogP contribution in [0.4, 0.5) is 5.82 Å². The molecule has 100 valence electrons. The van der Waals surface area contributed by atoms with Crippen LogP contribution in [0.2, 0.25) is 5.15 Å². The molecule has 0 fully saturated rings. The van der Waals surface area contributed by atoms with Gasteiger partial charge in [0.1, 0.15) is 23.1 Å². The molecule has 7 nitrogen and oxygen atoms in total. The minimum absolute atomic E-state index is 0.0983. The zero-order chi connectivity index (χ0) is 13.8. The summed E-state index contributed by atoms with van der Waals surface area (Å²) in [7, 11) is 1.86. The topological polar surface area (TPSA) is 92.9 Å². The molecule has 8 heteroatoms. The van der Waals surface area contributed by atoms with Crippen LogP contribution in [0.3, 0.4) is 0 Å². The number of halogens is 1. The number of pyridine rings is 1. The molecular weight excluding hydrogens is 270 g/mol. The highest BCUT2D eigenvalue weighted by atomic mass is 35.5.